The van der Waals surface area contributed by atoms with Crippen LogP contribution in [0.5, 0.6) is 0 Å². The van der Waals surface area contributed by atoms with Crippen LogP contribution in [0, 0.1) is 41.4 Å². The molecule has 0 aromatic carbocycles. The molecule has 0 aliphatic carbocycles. The quantitative estimate of drug-likeness (QED) is 0.157. The first-order valence-electron chi connectivity index (χ1n) is 29.9. The number of methoxy groups -OCH3 is 1. The number of amides is 11. The van der Waals surface area contributed by atoms with Crippen LogP contribution in [-0.2, 0) is 57.5 Å². The Morgan fingerprint density at radius 2 is 0.857 bits per heavy atom. The Balaban J connectivity index is 4.30. The van der Waals surface area contributed by atoms with Crippen molar-refractivity contribution in [1.82, 2.24) is 55.6 Å². The molecular formula is C60H109N11O13. The molecule has 12 atom stereocenters. The molecule has 1 heterocycles. The van der Waals surface area contributed by atoms with Crippen molar-refractivity contribution in [3.05, 3.63) is 0 Å². The molecule has 24 nitrogen and oxygen atoms in total. The van der Waals surface area contributed by atoms with Crippen LogP contribution in [0.1, 0.15) is 143 Å². The first-order valence-corrected chi connectivity index (χ1v) is 29.9. The van der Waals surface area contributed by atoms with E-state index >= 15 is 9.59 Å². The van der Waals surface area contributed by atoms with Crippen molar-refractivity contribution in [3.63, 3.8) is 0 Å². The van der Waals surface area contributed by atoms with E-state index in [4.69, 9.17) is 4.74 Å². The summed E-state index contributed by atoms with van der Waals surface area (Å²) < 4.78 is 5.34. The van der Waals surface area contributed by atoms with Gasteiger partial charge in [-0.25, -0.2) is 0 Å². The normalized spacial score (nSPS) is 27.0. The number of likely N-dealkylation sites (N-methyl/N-ethyl adjacent to an activating group) is 7. The lowest BCUT2D eigenvalue weighted by Crippen LogP contribution is -2.63. The van der Waals surface area contributed by atoms with Crippen LogP contribution in [0.25, 0.3) is 0 Å². The topological polar surface area (TPSA) is 288 Å². The molecule has 1 aliphatic heterocycles. The number of hydrogen-bond donors (Lipinski definition) is 5. The summed E-state index contributed by atoms with van der Waals surface area (Å²) in [5, 5.41) is 22.9. The maximum absolute atomic E-state index is 15.1. The van der Waals surface area contributed by atoms with Crippen molar-refractivity contribution in [2.24, 2.45) is 41.4 Å². The molecule has 11 amide bonds. The number of aliphatic hydroxyl groups excluding tert-OH is 1. The third-order valence-electron chi connectivity index (χ3n) is 15.8. The zero-order chi connectivity index (χ0) is 65.3. The van der Waals surface area contributed by atoms with E-state index in [-0.39, 0.29) is 62.4 Å². The second-order valence-electron chi connectivity index (χ2n) is 25.7. The Morgan fingerprint density at radius 1 is 0.452 bits per heavy atom. The van der Waals surface area contributed by atoms with Gasteiger partial charge in [0.15, 0.2) is 0 Å². The first kappa shape index (κ1) is 76.1. The SMILES string of the molecule is CC[C@@H]1NC(=O)[C@H]([C@H](O)[C@H](C)COC)N(C)C(=O)[C@H](C(C)C)N(C)C(=O)[C@H](CC(C)C)N(C)C(=O)[C@H](CC(C)C)N(C)C(=O)[C@@H](C)NC(=O)[C@H](C)NC(=O)[C@H](CC(C)C)N(C)C(=O)[C@H](C(C)C)NC(=O)[C@H](CC(C)C)N(C)C(=O)CN(C)C1=O. The molecule has 0 spiro atoms. The maximum atomic E-state index is 15.1. The second-order valence-corrected chi connectivity index (χ2v) is 25.7. The van der Waals surface area contributed by atoms with Gasteiger partial charge >= 0.3 is 0 Å². The Labute approximate surface area is 501 Å². The molecule has 0 bridgehead atoms. The highest BCUT2D eigenvalue weighted by atomic mass is 16.5. The van der Waals surface area contributed by atoms with E-state index in [1.54, 1.807) is 41.5 Å². The highest BCUT2D eigenvalue weighted by Gasteiger charge is 2.46. The Hall–Kier alpha value is -5.91. The summed E-state index contributed by atoms with van der Waals surface area (Å²) in [7, 11) is 11.2. The summed E-state index contributed by atoms with van der Waals surface area (Å²) in [5.41, 5.74) is 0. The van der Waals surface area contributed by atoms with E-state index in [1.165, 1.54) is 94.8 Å². The summed E-state index contributed by atoms with van der Waals surface area (Å²) in [6, 6.07) is -12.4. The van der Waals surface area contributed by atoms with Gasteiger partial charge in [-0.05, 0) is 81.5 Å². The van der Waals surface area contributed by atoms with E-state index in [0.29, 0.717) is 0 Å². The number of rotatable bonds is 15. The number of hydrogen-bond acceptors (Lipinski definition) is 13. The fourth-order valence-electron chi connectivity index (χ4n) is 10.6. The van der Waals surface area contributed by atoms with Crippen LogP contribution in [0.2, 0.25) is 0 Å². The van der Waals surface area contributed by atoms with Gasteiger partial charge in [-0.3, -0.25) is 52.7 Å². The summed E-state index contributed by atoms with van der Waals surface area (Å²) in [4.78, 5) is 168. The Morgan fingerprint density at radius 3 is 1.30 bits per heavy atom. The largest absolute Gasteiger partial charge is 0.390 e. The summed E-state index contributed by atoms with van der Waals surface area (Å²) in [6.45, 7) is 27.3. The van der Waals surface area contributed by atoms with Crippen LogP contribution in [0.15, 0.2) is 0 Å². The molecule has 84 heavy (non-hydrogen) atoms. The standard InChI is InChI=1S/C60H109N11O13/c1-25-41-56(79)65(17)30-46(72)66(18)42(26-32(2)3)53(76)64-47(36(10)11)59(82)67(19)43(27-33(4)5)52(75)61-39(15)51(74)62-40(16)55(78)68(20)44(28-34(6)7)57(80)69(21)45(29-35(8)9)58(81)70(22)48(37(12)13)60(83)71(23)49(54(77)63-41)50(73)38(14)31-84-24/h32-45,47-50,73H,25-31H2,1-24H3,(H,61,75)(H,62,74)(H,63,77)(H,64,76)/t38-,39+,40-,41+,42+,43+,44+,45+,47+,48+,49+,50-/m1/s1. The second kappa shape index (κ2) is 34.3. The lowest BCUT2D eigenvalue weighted by atomic mass is 9.93. The minimum atomic E-state index is -1.66. The molecule has 482 valence electrons. The average Bonchev–Trinajstić information content (AvgIpc) is 2.71. The average molecular weight is 1190 g/mol. The maximum Gasteiger partial charge on any atom is 0.246 e. The Bertz CT molecular complexity index is 2260. The molecule has 1 saturated heterocycles. The summed E-state index contributed by atoms with van der Waals surface area (Å²) >= 11 is 0. The summed E-state index contributed by atoms with van der Waals surface area (Å²) in [6.07, 6.45) is -0.969. The van der Waals surface area contributed by atoms with Crippen molar-refractivity contribution in [3.8, 4) is 0 Å². The number of nitrogens with one attached hydrogen (secondary N) is 4. The Kier molecular flexibility index (Phi) is 31.1. The molecule has 1 rings (SSSR count). The van der Waals surface area contributed by atoms with Gasteiger partial charge < -0.3 is 65.4 Å². The van der Waals surface area contributed by atoms with Crippen LogP contribution in [0.4, 0.5) is 0 Å². The van der Waals surface area contributed by atoms with Gasteiger partial charge in [0.05, 0.1) is 19.3 Å². The van der Waals surface area contributed by atoms with Crippen molar-refractivity contribution >= 4 is 65.0 Å². The van der Waals surface area contributed by atoms with Crippen molar-refractivity contribution in [2.75, 3.05) is 69.6 Å². The predicted molar refractivity (Wildman–Crippen MR) is 321 cm³/mol. The molecule has 0 aromatic heterocycles. The van der Waals surface area contributed by atoms with Crippen LogP contribution in [-0.4, -0.2) is 241 Å². The van der Waals surface area contributed by atoms with Gasteiger partial charge in [-0.2, -0.15) is 0 Å². The van der Waals surface area contributed by atoms with Crippen LogP contribution in [0.3, 0.4) is 0 Å². The molecule has 0 unspecified atom stereocenters. The van der Waals surface area contributed by atoms with Crippen molar-refractivity contribution < 1.29 is 62.6 Å². The number of carbonyl (C=O) groups excluding carboxylic acids is 11. The molecule has 5 N–H and O–H groups in total. The van der Waals surface area contributed by atoms with E-state index in [9.17, 15) is 48.3 Å². The third kappa shape index (κ3) is 21.0. The lowest BCUT2D eigenvalue weighted by molar-refractivity contribution is -0.157. The van der Waals surface area contributed by atoms with Gasteiger partial charge in [0.2, 0.25) is 65.0 Å². The molecule has 0 saturated carbocycles. The van der Waals surface area contributed by atoms with Crippen molar-refractivity contribution in [1.29, 1.82) is 0 Å². The predicted octanol–water partition coefficient (Wildman–Crippen LogP) is 1.95. The minimum absolute atomic E-state index is 0.00848. The van der Waals surface area contributed by atoms with E-state index in [2.05, 4.69) is 21.3 Å². The number of carbonyl (C=O) groups is 11. The lowest BCUT2D eigenvalue weighted by Gasteiger charge is -2.41. The molecule has 1 fully saturated rings. The molecular weight excluding hydrogens is 1080 g/mol. The smallest absolute Gasteiger partial charge is 0.246 e. The highest BCUT2D eigenvalue weighted by molar-refractivity contribution is 5.99. The van der Waals surface area contributed by atoms with Gasteiger partial charge in [0.25, 0.3) is 0 Å². The molecule has 1 aliphatic rings. The van der Waals surface area contributed by atoms with Gasteiger partial charge in [0.1, 0.15) is 60.4 Å². The number of aliphatic hydroxyl groups is 1. The van der Waals surface area contributed by atoms with Gasteiger partial charge in [0, 0.05) is 62.4 Å². The number of ether oxygens (including phenoxy) is 1. The molecule has 0 aromatic rings. The zero-order valence-corrected chi connectivity index (χ0v) is 55.3. The fourth-order valence-corrected chi connectivity index (χ4v) is 10.6. The third-order valence-corrected chi connectivity index (χ3v) is 15.8. The van der Waals surface area contributed by atoms with Crippen molar-refractivity contribution in [2.45, 2.75) is 209 Å². The van der Waals surface area contributed by atoms with Crippen LogP contribution < -0.4 is 21.3 Å². The minimum Gasteiger partial charge on any atom is -0.390 e. The van der Waals surface area contributed by atoms with E-state index < -0.39 is 156 Å². The molecule has 24 heteroatoms. The van der Waals surface area contributed by atoms with Crippen LogP contribution >= 0.6 is 0 Å². The molecule has 0 radical (unpaired) electrons. The van der Waals surface area contributed by atoms with E-state index in [1.807, 2.05) is 55.4 Å². The highest BCUT2D eigenvalue weighted by Crippen LogP contribution is 2.25. The van der Waals surface area contributed by atoms with Gasteiger partial charge in [-0.1, -0.05) is 96.9 Å². The van der Waals surface area contributed by atoms with E-state index in [0.717, 1.165) is 9.80 Å². The summed E-state index contributed by atoms with van der Waals surface area (Å²) in [5.74, 6) is -10.0. The first-order chi connectivity index (χ1) is 38.7. The zero-order valence-electron chi connectivity index (χ0n) is 55.3. The number of nitrogens with zero attached hydrogens (tertiary/aromatic N) is 7. The fraction of sp³-hybridized carbons (Fsp3) is 0.817. The monoisotopic (exact) mass is 1190 g/mol. The van der Waals surface area contributed by atoms with Gasteiger partial charge in [-0.15, -0.1) is 0 Å².